The van der Waals surface area contributed by atoms with Gasteiger partial charge in [-0.1, -0.05) is 30.3 Å². The van der Waals surface area contributed by atoms with Crippen molar-refractivity contribution in [1.82, 2.24) is 20.0 Å². The van der Waals surface area contributed by atoms with Crippen molar-refractivity contribution in [2.45, 2.75) is 13.0 Å². The van der Waals surface area contributed by atoms with Crippen molar-refractivity contribution in [3.8, 4) is 0 Å². The monoisotopic (exact) mass is 326 g/mol. The Balaban J connectivity index is 1.61. The molecule has 2 aliphatic rings. The van der Waals surface area contributed by atoms with Gasteiger partial charge in [-0.05, 0) is 12.5 Å². The van der Waals surface area contributed by atoms with Crippen molar-refractivity contribution in [1.29, 1.82) is 0 Å². The van der Waals surface area contributed by atoms with Gasteiger partial charge in [-0.2, -0.15) is 5.10 Å². The molecule has 1 atom stereocenters. The van der Waals surface area contributed by atoms with Crippen LogP contribution in [0.4, 0.5) is 0 Å². The van der Waals surface area contributed by atoms with E-state index in [1.165, 1.54) is 0 Å². The molecule has 126 valence electrons. The summed E-state index contributed by atoms with van der Waals surface area (Å²) >= 11 is 0. The second kappa shape index (κ2) is 6.37. The first kappa shape index (κ1) is 15.4. The Morgan fingerprint density at radius 3 is 2.71 bits per heavy atom. The molecule has 1 unspecified atom stereocenters. The molecule has 6 nitrogen and oxygen atoms in total. The van der Waals surface area contributed by atoms with Crippen LogP contribution < -0.4 is 0 Å². The molecule has 1 N–H and O–H groups in total. The van der Waals surface area contributed by atoms with E-state index in [4.69, 9.17) is 4.74 Å². The number of fused-ring (bicyclic) bond motifs is 1. The Bertz CT molecular complexity index is 722. The Morgan fingerprint density at radius 2 is 1.96 bits per heavy atom. The molecule has 1 saturated heterocycles. The molecule has 0 aliphatic carbocycles. The fraction of sp³-hybridized carbons (Fsp3) is 0.444. The smallest absolute Gasteiger partial charge is 0.275 e. The molecular weight excluding hydrogens is 304 g/mol. The molecule has 4 rings (SSSR count). The maximum absolute atomic E-state index is 12.9. The molecule has 24 heavy (non-hydrogen) atoms. The number of aromatic amines is 1. The summed E-state index contributed by atoms with van der Waals surface area (Å²) in [5.74, 6) is 0.0245. The standard InChI is InChI=1S/C18H22N4O2/c1-13-15-16(20-19-13)18(23)22(8-7-21-9-11-24-12-10-21)17(15)14-5-3-2-4-6-14/h2-6,17H,7-12H2,1H3,(H,19,20). The fourth-order valence-corrected chi connectivity index (χ4v) is 3.63. The van der Waals surface area contributed by atoms with Crippen LogP contribution in [0.15, 0.2) is 30.3 Å². The van der Waals surface area contributed by atoms with Crippen molar-refractivity contribution in [2.75, 3.05) is 39.4 Å². The van der Waals surface area contributed by atoms with Crippen LogP contribution in [0.25, 0.3) is 0 Å². The number of morpholine rings is 1. The summed E-state index contributed by atoms with van der Waals surface area (Å²) in [6.45, 7) is 6.97. The summed E-state index contributed by atoms with van der Waals surface area (Å²) in [7, 11) is 0. The first-order valence-corrected chi connectivity index (χ1v) is 8.46. The van der Waals surface area contributed by atoms with Crippen molar-refractivity contribution in [2.24, 2.45) is 0 Å². The van der Waals surface area contributed by atoms with Crippen LogP contribution in [-0.2, 0) is 4.74 Å². The van der Waals surface area contributed by atoms with Gasteiger partial charge in [0.15, 0.2) is 5.69 Å². The van der Waals surface area contributed by atoms with Crippen molar-refractivity contribution < 1.29 is 9.53 Å². The largest absolute Gasteiger partial charge is 0.379 e. The van der Waals surface area contributed by atoms with Gasteiger partial charge in [-0.15, -0.1) is 0 Å². The minimum absolute atomic E-state index is 0.0245. The molecule has 1 aromatic heterocycles. The third kappa shape index (κ3) is 2.61. The molecule has 0 saturated carbocycles. The average molecular weight is 326 g/mol. The van der Waals surface area contributed by atoms with E-state index in [1.807, 2.05) is 30.0 Å². The average Bonchev–Trinajstić information content (AvgIpc) is 3.13. The van der Waals surface area contributed by atoms with Crippen LogP contribution in [0.5, 0.6) is 0 Å². The highest BCUT2D eigenvalue weighted by atomic mass is 16.5. The lowest BCUT2D eigenvalue weighted by Gasteiger charge is -2.31. The van der Waals surface area contributed by atoms with Gasteiger partial charge in [-0.25, -0.2) is 0 Å². The first-order valence-electron chi connectivity index (χ1n) is 8.46. The SMILES string of the molecule is Cc1[nH]nc2c1C(c1ccccc1)N(CCN1CCOCC1)C2=O. The van der Waals surface area contributed by atoms with Crippen LogP contribution in [-0.4, -0.2) is 65.3 Å². The Hall–Kier alpha value is -2.18. The molecule has 3 heterocycles. The van der Waals surface area contributed by atoms with Crippen LogP contribution in [0, 0.1) is 6.92 Å². The third-order valence-electron chi connectivity index (χ3n) is 4.92. The van der Waals surface area contributed by atoms with E-state index >= 15 is 0 Å². The van der Waals surface area contributed by atoms with Gasteiger partial charge < -0.3 is 9.64 Å². The highest BCUT2D eigenvalue weighted by Crippen LogP contribution is 2.38. The van der Waals surface area contributed by atoms with Gasteiger partial charge in [0.2, 0.25) is 0 Å². The van der Waals surface area contributed by atoms with Gasteiger partial charge in [0.25, 0.3) is 5.91 Å². The lowest BCUT2D eigenvalue weighted by molar-refractivity contribution is 0.0316. The topological polar surface area (TPSA) is 61.5 Å². The molecule has 2 aromatic rings. The molecule has 1 amide bonds. The zero-order chi connectivity index (χ0) is 16.5. The molecule has 0 radical (unpaired) electrons. The minimum atomic E-state index is -0.0477. The number of nitrogens with zero attached hydrogens (tertiary/aromatic N) is 3. The number of carbonyl (C=O) groups is 1. The summed E-state index contributed by atoms with van der Waals surface area (Å²) in [4.78, 5) is 17.2. The van der Waals surface area contributed by atoms with Crippen molar-refractivity contribution in [3.63, 3.8) is 0 Å². The highest BCUT2D eigenvalue weighted by molar-refractivity contribution is 5.98. The Labute approximate surface area is 141 Å². The molecule has 6 heteroatoms. The molecule has 0 bridgehead atoms. The second-order valence-corrected chi connectivity index (χ2v) is 6.38. The number of rotatable bonds is 4. The maximum Gasteiger partial charge on any atom is 0.275 e. The molecule has 0 spiro atoms. The minimum Gasteiger partial charge on any atom is -0.379 e. The van der Waals surface area contributed by atoms with Crippen molar-refractivity contribution >= 4 is 5.91 Å². The molecule has 1 fully saturated rings. The van der Waals surface area contributed by atoms with Crippen LogP contribution in [0.2, 0.25) is 0 Å². The predicted octanol–water partition coefficient (Wildman–Crippen LogP) is 1.60. The van der Waals surface area contributed by atoms with E-state index in [-0.39, 0.29) is 11.9 Å². The number of nitrogens with one attached hydrogen (secondary N) is 1. The zero-order valence-electron chi connectivity index (χ0n) is 13.9. The number of amides is 1. The lowest BCUT2D eigenvalue weighted by atomic mass is 9.99. The van der Waals surface area contributed by atoms with E-state index in [2.05, 4.69) is 27.2 Å². The summed E-state index contributed by atoms with van der Waals surface area (Å²) < 4.78 is 5.40. The van der Waals surface area contributed by atoms with Gasteiger partial charge in [0.1, 0.15) is 0 Å². The Morgan fingerprint density at radius 1 is 1.21 bits per heavy atom. The van der Waals surface area contributed by atoms with Crippen molar-refractivity contribution in [3.05, 3.63) is 52.8 Å². The fourth-order valence-electron chi connectivity index (χ4n) is 3.63. The summed E-state index contributed by atoms with van der Waals surface area (Å²) in [6.07, 6.45) is 0. The van der Waals surface area contributed by atoms with Gasteiger partial charge in [0.05, 0.1) is 19.3 Å². The van der Waals surface area contributed by atoms with Gasteiger partial charge in [-0.3, -0.25) is 14.8 Å². The quantitative estimate of drug-likeness (QED) is 0.927. The number of hydrogen-bond acceptors (Lipinski definition) is 4. The van der Waals surface area contributed by atoms with E-state index in [0.29, 0.717) is 12.2 Å². The number of H-pyrrole nitrogens is 1. The van der Waals surface area contributed by atoms with E-state index in [0.717, 1.165) is 49.7 Å². The number of aromatic nitrogens is 2. The van der Waals surface area contributed by atoms with Crippen LogP contribution in [0.3, 0.4) is 0 Å². The zero-order valence-corrected chi connectivity index (χ0v) is 13.9. The number of benzene rings is 1. The number of ether oxygens (including phenoxy) is 1. The van der Waals surface area contributed by atoms with E-state index < -0.39 is 0 Å². The van der Waals surface area contributed by atoms with Crippen LogP contribution in [0.1, 0.15) is 33.4 Å². The van der Waals surface area contributed by atoms with Crippen LogP contribution >= 0.6 is 0 Å². The summed E-state index contributed by atoms with van der Waals surface area (Å²) in [5.41, 5.74) is 3.70. The number of carbonyl (C=O) groups excluding carboxylic acids is 1. The van der Waals surface area contributed by atoms with Gasteiger partial charge >= 0.3 is 0 Å². The van der Waals surface area contributed by atoms with Gasteiger partial charge in [0, 0.05) is 37.4 Å². The maximum atomic E-state index is 12.9. The lowest BCUT2D eigenvalue weighted by Crippen LogP contribution is -2.42. The molecule has 2 aliphatic heterocycles. The summed E-state index contributed by atoms with van der Waals surface area (Å²) in [6, 6.07) is 10.2. The normalized spacial score (nSPS) is 21.3. The molecular formula is C18H22N4O2. The molecule has 1 aromatic carbocycles. The third-order valence-corrected chi connectivity index (χ3v) is 4.92. The summed E-state index contributed by atoms with van der Waals surface area (Å²) in [5, 5.41) is 7.22. The highest BCUT2D eigenvalue weighted by Gasteiger charge is 2.41. The number of aryl methyl sites for hydroxylation is 1. The second-order valence-electron chi connectivity index (χ2n) is 6.38. The number of hydrogen-bond donors (Lipinski definition) is 1. The van der Waals surface area contributed by atoms with E-state index in [9.17, 15) is 4.79 Å². The van der Waals surface area contributed by atoms with E-state index in [1.54, 1.807) is 0 Å². The first-order chi connectivity index (χ1) is 11.8. The predicted molar refractivity (Wildman–Crippen MR) is 89.9 cm³/mol. The Kier molecular flexibility index (Phi) is 4.08.